The number of phenolic OH excluding ortho intramolecular Hbond substituents is 1. The Hall–Kier alpha value is -2.11. The van der Waals surface area contributed by atoms with E-state index in [1.807, 2.05) is 54.6 Å². The Bertz CT molecular complexity index is 954. The average Bonchev–Trinajstić information content (AvgIpc) is 2.71. The first-order chi connectivity index (χ1) is 14.7. The van der Waals surface area contributed by atoms with Crippen LogP contribution in [0, 0.1) is 0 Å². The molecule has 1 amide bonds. The number of rotatable bonds is 4. The fraction of sp³-hybridized carbons (Fsp3) is 0.174. The molecule has 0 saturated carbocycles. The Labute approximate surface area is 202 Å². The molecule has 0 heterocycles. The molecule has 0 spiro atoms. The lowest BCUT2D eigenvalue weighted by molar-refractivity contribution is 0.168. The number of para-hydroxylation sites is 1. The van der Waals surface area contributed by atoms with Crippen LogP contribution in [0.5, 0.6) is 5.75 Å². The molecule has 31 heavy (non-hydrogen) atoms. The van der Waals surface area contributed by atoms with Crippen molar-refractivity contribution in [2.75, 3.05) is 11.9 Å². The molecule has 0 bridgehead atoms. The maximum atomic E-state index is 10.9. The van der Waals surface area contributed by atoms with Crippen molar-refractivity contribution in [2.24, 2.45) is 0 Å². The minimum absolute atomic E-state index is 0.378. The van der Waals surface area contributed by atoms with Crippen LogP contribution in [0.4, 0.5) is 10.5 Å². The van der Waals surface area contributed by atoms with E-state index in [4.69, 9.17) is 51.1 Å². The van der Waals surface area contributed by atoms with Crippen molar-refractivity contribution in [1.29, 1.82) is 0 Å². The first-order valence-electron chi connectivity index (χ1n) is 9.20. The first kappa shape index (κ1) is 26.9. The number of alkyl halides is 4. The summed E-state index contributed by atoms with van der Waals surface area (Å²) >= 11 is 19.3. The van der Waals surface area contributed by atoms with Crippen molar-refractivity contribution < 1.29 is 14.6 Å². The number of hydrogen-bond acceptors (Lipinski definition) is 3. The van der Waals surface area contributed by atoms with Gasteiger partial charge in [-0.1, -0.05) is 107 Å². The normalized spacial score (nSPS) is 10.1. The summed E-state index contributed by atoms with van der Waals surface area (Å²) in [6.45, 7) is 5.82. The summed E-state index contributed by atoms with van der Waals surface area (Å²) < 4.78 is 3.08. The number of halogens is 4. The van der Waals surface area contributed by atoms with Gasteiger partial charge in [0.2, 0.25) is 0 Å². The number of anilines is 1. The van der Waals surface area contributed by atoms with Gasteiger partial charge in [-0.15, -0.1) is 6.58 Å². The summed E-state index contributed by atoms with van der Waals surface area (Å²) in [7, 11) is 0. The topological polar surface area (TPSA) is 58.6 Å². The van der Waals surface area contributed by atoms with Crippen molar-refractivity contribution in [3.63, 3.8) is 0 Å². The van der Waals surface area contributed by atoms with Crippen molar-refractivity contribution >= 4 is 69.0 Å². The fourth-order valence-corrected chi connectivity index (χ4v) is 2.43. The van der Waals surface area contributed by atoms with Crippen LogP contribution in [-0.2, 0) is 11.2 Å². The molecule has 0 radical (unpaired) electrons. The number of carbonyl (C=O) groups excluding carboxylic acids is 1. The molecule has 0 unspecified atom stereocenters. The maximum Gasteiger partial charge on any atom is 0.411 e. The molecule has 3 aromatic rings. The number of ether oxygens (including phenoxy) is 1. The van der Waals surface area contributed by atoms with Crippen LogP contribution in [0.2, 0.25) is 0 Å². The van der Waals surface area contributed by atoms with Crippen LogP contribution in [0.25, 0.3) is 10.8 Å². The summed E-state index contributed by atoms with van der Waals surface area (Å²) in [4.78, 5) is 10.9. The van der Waals surface area contributed by atoms with Crippen LogP contribution >= 0.6 is 46.4 Å². The summed E-state index contributed by atoms with van der Waals surface area (Å²) in [6, 6.07) is 21.0. The minimum atomic E-state index is -1.61. The molecule has 0 aromatic heterocycles. The summed E-state index contributed by atoms with van der Waals surface area (Å²) in [6.07, 6.45) is 2.09. The zero-order chi connectivity index (χ0) is 23.3. The zero-order valence-electron chi connectivity index (χ0n) is 16.8. The Balaban J connectivity index is 0.000000259. The van der Waals surface area contributed by atoms with Gasteiger partial charge in [0, 0.05) is 11.1 Å². The third-order valence-corrected chi connectivity index (χ3v) is 3.64. The highest BCUT2D eigenvalue weighted by molar-refractivity contribution is 6.83. The van der Waals surface area contributed by atoms with Gasteiger partial charge in [-0.05, 0) is 36.4 Å². The highest BCUT2D eigenvalue weighted by Gasteiger charge is 2.11. The largest absolute Gasteiger partial charge is 0.507 e. The summed E-state index contributed by atoms with van der Waals surface area (Å²) in [5.74, 6) is 0.378. The highest BCUT2D eigenvalue weighted by atomic mass is 35.6. The third-order valence-electron chi connectivity index (χ3n) is 3.64. The molecule has 166 valence electrons. The zero-order valence-corrected chi connectivity index (χ0v) is 19.8. The van der Waals surface area contributed by atoms with Gasteiger partial charge in [-0.25, -0.2) is 4.79 Å². The van der Waals surface area contributed by atoms with Gasteiger partial charge in [-0.3, -0.25) is 5.32 Å². The lowest BCUT2D eigenvalue weighted by Crippen LogP contribution is -2.12. The lowest BCUT2D eigenvalue weighted by Gasteiger charge is -2.05. The summed E-state index contributed by atoms with van der Waals surface area (Å²) in [5.41, 5.74) is 1.68. The predicted octanol–water partition coefficient (Wildman–Crippen LogP) is 8.08. The number of benzene rings is 3. The van der Waals surface area contributed by atoms with Crippen LogP contribution in [-0.4, -0.2) is 21.1 Å². The van der Waals surface area contributed by atoms with E-state index in [1.54, 1.807) is 25.1 Å². The van der Waals surface area contributed by atoms with Gasteiger partial charge in [0.25, 0.3) is 3.25 Å². The Morgan fingerprint density at radius 2 is 1.61 bits per heavy atom. The van der Waals surface area contributed by atoms with E-state index in [0.29, 0.717) is 18.8 Å². The number of allylic oxidation sites excluding steroid dienone is 1. The number of aromatic hydroxyl groups is 1. The van der Waals surface area contributed by atoms with Gasteiger partial charge < -0.3 is 9.84 Å². The van der Waals surface area contributed by atoms with Gasteiger partial charge in [0.05, 0.1) is 6.61 Å². The van der Waals surface area contributed by atoms with E-state index in [0.717, 1.165) is 22.0 Å². The Morgan fingerprint density at radius 1 is 1.03 bits per heavy atom. The third kappa shape index (κ3) is 11.7. The second-order valence-electron chi connectivity index (χ2n) is 5.93. The minimum Gasteiger partial charge on any atom is -0.507 e. The number of amides is 1. The molecular weight excluding hydrogens is 480 g/mol. The van der Waals surface area contributed by atoms with Crippen LogP contribution < -0.4 is 5.32 Å². The van der Waals surface area contributed by atoms with Crippen LogP contribution in [0.3, 0.4) is 0 Å². The SMILES string of the molecule is C=CCc1ccc2ccccc2c1O.CCOC(=O)Nc1ccccc1.ClC(Cl)(Cl)Cl. The van der Waals surface area contributed by atoms with Crippen molar-refractivity contribution in [3.05, 3.63) is 84.9 Å². The fourth-order valence-electron chi connectivity index (χ4n) is 2.43. The van der Waals surface area contributed by atoms with Gasteiger partial charge in [0.1, 0.15) is 5.75 Å². The molecule has 0 aliphatic heterocycles. The van der Waals surface area contributed by atoms with Gasteiger partial charge in [0.15, 0.2) is 0 Å². The summed E-state index contributed by atoms with van der Waals surface area (Å²) in [5, 5.41) is 14.5. The number of nitrogens with one attached hydrogen (secondary N) is 1. The Morgan fingerprint density at radius 3 is 2.19 bits per heavy atom. The van der Waals surface area contributed by atoms with Gasteiger partial charge in [-0.2, -0.15) is 0 Å². The molecule has 3 rings (SSSR count). The Kier molecular flexibility index (Phi) is 12.2. The molecule has 0 atom stereocenters. The smallest absolute Gasteiger partial charge is 0.411 e. The molecule has 8 heteroatoms. The second-order valence-corrected chi connectivity index (χ2v) is 9.36. The quantitative estimate of drug-likeness (QED) is 0.280. The van der Waals surface area contributed by atoms with Crippen molar-refractivity contribution in [2.45, 2.75) is 16.6 Å². The number of carbonyl (C=O) groups is 1. The van der Waals surface area contributed by atoms with E-state index in [9.17, 15) is 9.90 Å². The van der Waals surface area contributed by atoms with Crippen LogP contribution in [0.1, 0.15) is 12.5 Å². The first-order valence-corrected chi connectivity index (χ1v) is 10.7. The van der Waals surface area contributed by atoms with E-state index in [-0.39, 0.29) is 0 Å². The standard InChI is InChI=1S/C13H12O.C9H11NO2.CCl4/c1-2-5-11-9-8-10-6-3-4-7-12(10)13(11)14;1-2-12-9(11)10-8-6-4-3-5-7-8;2-1(3,4)5/h2-4,6-9,14H,1,5H2;3-7H,2H2,1H3,(H,10,11);. The molecule has 4 nitrogen and oxygen atoms in total. The van der Waals surface area contributed by atoms with Crippen LogP contribution in [0.15, 0.2) is 79.4 Å². The van der Waals surface area contributed by atoms with Crippen molar-refractivity contribution in [3.8, 4) is 5.75 Å². The van der Waals surface area contributed by atoms with E-state index in [2.05, 4.69) is 11.9 Å². The molecule has 3 aromatic carbocycles. The second kappa shape index (κ2) is 14.0. The molecule has 2 N–H and O–H groups in total. The van der Waals surface area contributed by atoms with E-state index >= 15 is 0 Å². The lowest BCUT2D eigenvalue weighted by atomic mass is 10.0. The molecule has 0 saturated heterocycles. The number of phenols is 1. The molecule has 0 aliphatic carbocycles. The molecular formula is C23H23Cl4NO3. The molecule has 0 aliphatic rings. The maximum absolute atomic E-state index is 10.9. The highest BCUT2D eigenvalue weighted by Crippen LogP contribution is 2.30. The number of fused-ring (bicyclic) bond motifs is 1. The predicted molar refractivity (Wildman–Crippen MR) is 133 cm³/mol. The van der Waals surface area contributed by atoms with E-state index < -0.39 is 9.34 Å². The molecule has 0 fully saturated rings. The van der Waals surface area contributed by atoms with E-state index in [1.165, 1.54) is 0 Å². The number of hydrogen-bond donors (Lipinski definition) is 2. The monoisotopic (exact) mass is 501 g/mol. The van der Waals surface area contributed by atoms with Gasteiger partial charge >= 0.3 is 6.09 Å². The van der Waals surface area contributed by atoms with Crippen molar-refractivity contribution in [1.82, 2.24) is 0 Å². The average molecular weight is 503 g/mol.